The Kier molecular flexibility index (Phi) is 5.46. The number of benzene rings is 1. The van der Waals surface area contributed by atoms with Gasteiger partial charge in [-0.3, -0.25) is 14.5 Å². The highest BCUT2D eigenvalue weighted by atomic mass is 35.5. The summed E-state index contributed by atoms with van der Waals surface area (Å²) in [5, 5.41) is 9.85. The van der Waals surface area contributed by atoms with Gasteiger partial charge < -0.3 is 10.0 Å². The molecule has 0 bridgehead atoms. The smallest absolute Gasteiger partial charge is 0.278 e. The van der Waals surface area contributed by atoms with Gasteiger partial charge in [0, 0.05) is 30.7 Å². The van der Waals surface area contributed by atoms with Gasteiger partial charge in [-0.1, -0.05) is 35.3 Å². The van der Waals surface area contributed by atoms with Gasteiger partial charge in [-0.25, -0.2) is 0 Å². The first kappa shape index (κ1) is 17.5. The van der Waals surface area contributed by atoms with Crippen LogP contribution in [0.3, 0.4) is 0 Å². The molecule has 1 N–H and O–H groups in total. The standard InChI is InChI=1S/C16H16Cl2N2O3/c1-3-6-20-15(22)13(11-5-4-10(17)9-12(11)18)14(16(20)23)19(2)7-8-21/h3-5,9,21H,1,6-8H2,2H3. The first-order chi connectivity index (χ1) is 10.9. The lowest BCUT2D eigenvalue weighted by molar-refractivity contribution is -0.136. The Bertz CT molecular complexity index is 701. The number of amides is 2. The van der Waals surface area contributed by atoms with E-state index in [2.05, 4.69) is 6.58 Å². The van der Waals surface area contributed by atoms with E-state index in [1.54, 1.807) is 24.1 Å². The molecule has 122 valence electrons. The highest BCUT2D eigenvalue weighted by molar-refractivity contribution is 6.41. The number of aliphatic hydroxyl groups excluding tert-OH is 1. The third-order valence-corrected chi connectivity index (χ3v) is 4.02. The fourth-order valence-electron chi connectivity index (χ4n) is 2.41. The second kappa shape index (κ2) is 7.17. The van der Waals surface area contributed by atoms with Gasteiger partial charge in [0.1, 0.15) is 5.70 Å². The molecule has 1 aliphatic rings. The Hall–Kier alpha value is -1.82. The van der Waals surface area contributed by atoms with Crippen molar-refractivity contribution in [1.29, 1.82) is 0 Å². The van der Waals surface area contributed by atoms with Crippen LogP contribution >= 0.6 is 23.2 Å². The minimum Gasteiger partial charge on any atom is -0.395 e. The lowest BCUT2D eigenvalue weighted by Crippen LogP contribution is -2.34. The lowest BCUT2D eigenvalue weighted by Gasteiger charge is -2.20. The fraction of sp³-hybridized carbons (Fsp3) is 0.250. The fourth-order valence-corrected chi connectivity index (χ4v) is 2.91. The Balaban J connectivity index is 2.62. The molecule has 2 amide bonds. The summed E-state index contributed by atoms with van der Waals surface area (Å²) in [6.07, 6.45) is 1.48. The summed E-state index contributed by atoms with van der Waals surface area (Å²) in [5.74, 6) is -0.884. The summed E-state index contributed by atoms with van der Waals surface area (Å²) in [7, 11) is 1.64. The van der Waals surface area contributed by atoms with Crippen molar-refractivity contribution in [1.82, 2.24) is 9.80 Å². The topological polar surface area (TPSA) is 60.9 Å². The molecule has 1 aromatic rings. The van der Waals surface area contributed by atoms with Crippen LogP contribution in [0.2, 0.25) is 10.0 Å². The monoisotopic (exact) mass is 354 g/mol. The molecule has 0 unspecified atom stereocenters. The predicted molar refractivity (Wildman–Crippen MR) is 90.0 cm³/mol. The van der Waals surface area contributed by atoms with Crippen LogP contribution < -0.4 is 0 Å². The van der Waals surface area contributed by atoms with Gasteiger partial charge >= 0.3 is 0 Å². The SMILES string of the molecule is C=CCN1C(=O)C(c2ccc(Cl)cc2Cl)=C(N(C)CCO)C1=O. The number of hydrogen-bond donors (Lipinski definition) is 1. The summed E-state index contributed by atoms with van der Waals surface area (Å²) in [5.41, 5.74) is 0.838. The average molecular weight is 355 g/mol. The molecule has 0 aliphatic carbocycles. The predicted octanol–water partition coefficient (Wildman–Crippen LogP) is 2.18. The van der Waals surface area contributed by atoms with E-state index in [0.29, 0.717) is 10.6 Å². The first-order valence-corrected chi connectivity index (χ1v) is 7.66. The Labute approximate surface area is 144 Å². The molecule has 0 saturated heterocycles. The summed E-state index contributed by atoms with van der Waals surface area (Å²) >= 11 is 12.1. The Morgan fingerprint density at radius 1 is 1.30 bits per heavy atom. The van der Waals surface area contributed by atoms with Crippen LogP contribution in [0.4, 0.5) is 0 Å². The number of halogens is 2. The zero-order valence-electron chi connectivity index (χ0n) is 12.6. The van der Waals surface area contributed by atoms with E-state index in [1.807, 2.05) is 0 Å². The second-order valence-corrected chi connectivity index (χ2v) is 5.85. The molecule has 0 atom stereocenters. The lowest BCUT2D eigenvalue weighted by atomic mass is 10.0. The number of hydrogen-bond acceptors (Lipinski definition) is 4. The number of carbonyl (C=O) groups is 2. The summed E-state index contributed by atoms with van der Waals surface area (Å²) in [4.78, 5) is 27.9. The Morgan fingerprint density at radius 3 is 2.57 bits per heavy atom. The van der Waals surface area contributed by atoms with E-state index in [1.165, 1.54) is 12.1 Å². The molecule has 2 rings (SSSR count). The van der Waals surface area contributed by atoms with Crippen molar-refractivity contribution in [2.24, 2.45) is 0 Å². The third kappa shape index (κ3) is 3.27. The maximum absolute atomic E-state index is 12.7. The average Bonchev–Trinajstić information content (AvgIpc) is 2.73. The van der Waals surface area contributed by atoms with Crippen molar-refractivity contribution < 1.29 is 14.7 Å². The van der Waals surface area contributed by atoms with Crippen molar-refractivity contribution in [3.05, 3.63) is 52.2 Å². The Morgan fingerprint density at radius 2 is 2.00 bits per heavy atom. The number of likely N-dealkylation sites (N-methyl/N-ethyl adjacent to an activating group) is 1. The van der Waals surface area contributed by atoms with Crippen LogP contribution in [0.25, 0.3) is 5.57 Å². The van der Waals surface area contributed by atoms with E-state index in [0.717, 1.165) is 4.90 Å². The van der Waals surface area contributed by atoms with E-state index in [4.69, 9.17) is 28.3 Å². The van der Waals surface area contributed by atoms with E-state index >= 15 is 0 Å². The van der Waals surface area contributed by atoms with Crippen LogP contribution in [0.5, 0.6) is 0 Å². The number of rotatable bonds is 6. The molecule has 23 heavy (non-hydrogen) atoms. The molecule has 1 aromatic carbocycles. The molecular formula is C16H16Cl2N2O3. The largest absolute Gasteiger partial charge is 0.395 e. The van der Waals surface area contributed by atoms with Crippen LogP contribution in [0.15, 0.2) is 36.6 Å². The van der Waals surface area contributed by atoms with Crippen molar-refractivity contribution in [3.63, 3.8) is 0 Å². The maximum Gasteiger partial charge on any atom is 0.278 e. The van der Waals surface area contributed by atoms with Gasteiger partial charge in [0.25, 0.3) is 11.8 Å². The van der Waals surface area contributed by atoms with Gasteiger partial charge in [0.05, 0.1) is 17.2 Å². The van der Waals surface area contributed by atoms with Gasteiger partial charge in [0.2, 0.25) is 0 Å². The quantitative estimate of drug-likeness (QED) is 0.628. The molecule has 1 heterocycles. The molecule has 0 spiro atoms. The minimum atomic E-state index is -0.445. The zero-order valence-corrected chi connectivity index (χ0v) is 14.1. The molecule has 0 radical (unpaired) electrons. The zero-order chi connectivity index (χ0) is 17.1. The molecule has 1 aliphatic heterocycles. The van der Waals surface area contributed by atoms with Crippen molar-refractivity contribution >= 4 is 40.6 Å². The molecule has 0 fully saturated rings. The van der Waals surface area contributed by atoms with Crippen molar-refractivity contribution in [2.75, 3.05) is 26.7 Å². The van der Waals surface area contributed by atoms with Gasteiger partial charge in [-0.2, -0.15) is 0 Å². The summed E-state index contributed by atoms with van der Waals surface area (Å²) < 4.78 is 0. The van der Waals surface area contributed by atoms with E-state index in [9.17, 15) is 9.59 Å². The molecule has 0 saturated carbocycles. The van der Waals surface area contributed by atoms with Crippen molar-refractivity contribution in [2.45, 2.75) is 0 Å². The normalized spacial score (nSPS) is 14.7. The number of carbonyl (C=O) groups excluding carboxylic acids is 2. The van der Waals surface area contributed by atoms with Crippen molar-refractivity contribution in [3.8, 4) is 0 Å². The van der Waals surface area contributed by atoms with Gasteiger partial charge in [-0.15, -0.1) is 6.58 Å². The number of aliphatic hydroxyl groups is 1. The number of imide groups is 1. The van der Waals surface area contributed by atoms with E-state index in [-0.39, 0.29) is 36.0 Å². The molecule has 5 nitrogen and oxygen atoms in total. The highest BCUT2D eigenvalue weighted by Gasteiger charge is 2.40. The second-order valence-electron chi connectivity index (χ2n) is 5.00. The highest BCUT2D eigenvalue weighted by Crippen LogP contribution is 2.35. The van der Waals surface area contributed by atoms with Gasteiger partial charge in [0.15, 0.2) is 0 Å². The van der Waals surface area contributed by atoms with Crippen LogP contribution in [-0.4, -0.2) is 53.5 Å². The molecular weight excluding hydrogens is 339 g/mol. The summed E-state index contributed by atoms with van der Waals surface area (Å²) in [6.45, 7) is 3.73. The van der Waals surface area contributed by atoms with Crippen LogP contribution in [-0.2, 0) is 9.59 Å². The first-order valence-electron chi connectivity index (χ1n) is 6.91. The summed E-state index contributed by atoms with van der Waals surface area (Å²) in [6, 6.07) is 4.73. The minimum absolute atomic E-state index is 0.100. The van der Waals surface area contributed by atoms with Gasteiger partial charge in [-0.05, 0) is 12.1 Å². The van der Waals surface area contributed by atoms with Crippen LogP contribution in [0, 0.1) is 0 Å². The van der Waals surface area contributed by atoms with E-state index < -0.39 is 11.8 Å². The molecule has 7 heteroatoms. The third-order valence-electron chi connectivity index (χ3n) is 3.47. The molecule has 0 aromatic heterocycles. The number of nitrogens with zero attached hydrogens (tertiary/aromatic N) is 2. The van der Waals surface area contributed by atoms with Crippen LogP contribution in [0.1, 0.15) is 5.56 Å². The maximum atomic E-state index is 12.7.